The Bertz CT molecular complexity index is 630. The molecular weight excluding hydrogens is 277 g/mol. The van der Waals surface area contributed by atoms with Crippen LogP contribution in [0.2, 0.25) is 0 Å². The van der Waals surface area contributed by atoms with Gasteiger partial charge in [0.15, 0.2) is 12.4 Å². The summed E-state index contributed by atoms with van der Waals surface area (Å²) in [6.45, 7) is -0.255. The first-order valence-corrected chi connectivity index (χ1v) is 6.70. The lowest BCUT2D eigenvalue weighted by Crippen LogP contribution is -2.30. The van der Waals surface area contributed by atoms with Gasteiger partial charge in [-0.1, -0.05) is 0 Å². The number of fused-ring (bicyclic) bond motifs is 1. The molecule has 19 heavy (non-hydrogen) atoms. The first-order chi connectivity index (χ1) is 8.79. The first kappa shape index (κ1) is 13.6. The fourth-order valence-electron chi connectivity index (χ4n) is 1.47. The molecular formula is C10H12FN3O4S. The van der Waals surface area contributed by atoms with E-state index in [1.165, 1.54) is 14.1 Å². The molecule has 1 aliphatic rings. The summed E-state index contributed by atoms with van der Waals surface area (Å²) in [6.07, 6.45) is 0. The van der Waals surface area contributed by atoms with E-state index in [-0.39, 0.29) is 23.7 Å². The normalized spacial score (nSPS) is 14.6. The van der Waals surface area contributed by atoms with E-state index in [1.807, 2.05) is 0 Å². The lowest BCUT2D eigenvalue weighted by Gasteiger charge is -2.22. The lowest BCUT2D eigenvalue weighted by atomic mass is 10.2. The Kier molecular flexibility index (Phi) is 3.33. The largest absolute Gasteiger partial charge is 0.479 e. The van der Waals surface area contributed by atoms with Gasteiger partial charge in [0.1, 0.15) is 5.82 Å². The number of anilines is 2. The average Bonchev–Trinajstić information content (AvgIpc) is 2.27. The Morgan fingerprint density at radius 1 is 1.42 bits per heavy atom. The van der Waals surface area contributed by atoms with Gasteiger partial charge in [0, 0.05) is 26.2 Å². The van der Waals surface area contributed by atoms with Gasteiger partial charge in [0.05, 0.1) is 11.4 Å². The fourth-order valence-corrected chi connectivity index (χ4v) is 2.08. The Hall–Kier alpha value is -1.87. The smallest absolute Gasteiger partial charge is 0.301 e. The van der Waals surface area contributed by atoms with E-state index < -0.39 is 21.9 Å². The van der Waals surface area contributed by atoms with Crippen LogP contribution in [-0.4, -0.2) is 39.3 Å². The van der Waals surface area contributed by atoms with Crippen molar-refractivity contribution in [2.45, 2.75) is 0 Å². The molecule has 0 aliphatic carbocycles. The number of amides is 1. The van der Waals surface area contributed by atoms with Crippen LogP contribution < -0.4 is 14.8 Å². The van der Waals surface area contributed by atoms with Crippen molar-refractivity contribution in [1.29, 1.82) is 0 Å². The van der Waals surface area contributed by atoms with Gasteiger partial charge in [-0.15, -0.1) is 0 Å². The molecule has 9 heteroatoms. The van der Waals surface area contributed by atoms with Crippen LogP contribution in [-0.2, 0) is 15.0 Å². The minimum Gasteiger partial charge on any atom is -0.479 e. The molecule has 0 aromatic heterocycles. The van der Waals surface area contributed by atoms with Crippen molar-refractivity contribution >= 4 is 27.5 Å². The summed E-state index contributed by atoms with van der Waals surface area (Å²) in [5, 5.41) is 2.40. The van der Waals surface area contributed by atoms with Crippen LogP contribution in [0.4, 0.5) is 15.8 Å². The van der Waals surface area contributed by atoms with E-state index in [2.05, 4.69) is 10.0 Å². The van der Waals surface area contributed by atoms with Crippen LogP contribution in [0.15, 0.2) is 12.1 Å². The summed E-state index contributed by atoms with van der Waals surface area (Å²) in [5.41, 5.74) is 0.0245. The van der Waals surface area contributed by atoms with E-state index in [4.69, 9.17) is 4.74 Å². The van der Waals surface area contributed by atoms with E-state index in [1.54, 1.807) is 0 Å². The van der Waals surface area contributed by atoms with E-state index in [0.29, 0.717) is 0 Å². The molecule has 1 amide bonds. The number of carbonyl (C=O) groups is 1. The molecule has 2 N–H and O–H groups in total. The third-order valence-corrected chi connectivity index (χ3v) is 3.83. The zero-order chi connectivity index (χ0) is 14.2. The van der Waals surface area contributed by atoms with E-state index in [9.17, 15) is 17.6 Å². The molecule has 0 saturated heterocycles. The molecule has 0 unspecified atom stereocenters. The maximum Gasteiger partial charge on any atom is 0.301 e. The SMILES string of the molecule is CN(C)S(=O)(=O)Nc1cc(F)cc2c1OCC(=O)N2. The highest BCUT2D eigenvalue weighted by Crippen LogP contribution is 2.37. The topological polar surface area (TPSA) is 87.7 Å². The second kappa shape index (κ2) is 4.67. The van der Waals surface area contributed by atoms with Gasteiger partial charge in [0.2, 0.25) is 0 Å². The van der Waals surface area contributed by atoms with Crippen molar-refractivity contribution < 1.29 is 22.3 Å². The highest BCUT2D eigenvalue weighted by molar-refractivity contribution is 7.90. The van der Waals surface area contributed by atoms with Crippen LogP contribution in [0.25, 0.3) is 0 Å². The average molecular weight is 289 g/mol. The zero-order valence-electron chi connectivity index (χ0n) is 10.2. The van der Waals surface area contributed by atoms with Crippen molar-refractivity contribution in [3.05, 3.63) is 17.9 Å². The molecule has 1 aromatic carbocycles. The number of carbonyl (C=O) groups excluding carboxylic acids is 1. The van der Waals surface area contributed by atoms with Crippen LogP contribution in [0.1, 0.15) is 0 Å². The summed E-state index contributed by atoms with van der Waals surface area (Å²) in [7, 11) is -1.13. The molecule has 0 fully saturated rings. The Labute approximate surface area is 109 Å². The van der Waals surface area contributed by atoms with Crippen LogP contribution >= 0.6 is 0 Å². The van der Waals surface area contributed by atoms with Crippen LogP contribution in [0.5, 0.6) is 5.75 Å². The number of ether oxygens (including phenoxy) is 1. The molecule has 0 saturated carbocycles. The van der Waals surface area contributed by atoms with Gasteiger partial charge in [-0.25, -0.2) is 4.39 Å². The predicted molar refractivity (Wildman–Crippen MR) is 66.8 cm³/mol. The molecule has 1 aromatic rings. The number of rotatable bonds is 3. The summed E-state index contributed by atoms with van der Waals surface area (Å²) in [6, 6.07) is 2.04. The second-order valence-corrected chi connectivity index (χ2v) is 5.94. The van der Waals surface area contributed by atoms with Crippen molar-refractivity contribution in [3.8, 4) is 5.75 Å². The number of halogens is 1. The Morgan fingerprint density at radius 3 is 2.74 bits per heavy atom. The number of hydrogen-bond donors (Lipinski definition) is 2. The quantitative estimate of drug-likeness (QED) is 0.842. The minimum atomic E-state index is -3.79. The molecule has 0 spiro atoms. The highest BCUT2D eigenvalue weighted by atomic mass is 32.2. The van der Waals surface area contributed by atoms with Crippen LogP contribution in [0, 0.1) is 5.82 Å². The maximum absolute atomic E-state index is 13.4. The number of nitrogens with one attached hydrogen (secondary N) is 2. The Balaban J connectivity index is 2.44. The molecule has 104 valence electrons. The molecule has 1 aliphatic heterocycles. The van der Waals surface area contributed by atoms with Gasteiger partial charge >= 0.3 is 10.2 Å². The predicted octanol–water partition coefficient (Wildman–Crippen LogP) is 0.375. The maximum atomic E-state index is 13.4. The summed E-state index contributed by atoms with van der Waals surface area (Å²) in [4.78, 5) is 11.1. The molecule has 2 rings (SSSR count). The van der Waals surface area contributed by atoms with E-state index >= 15 is 0 Å². The fraction of sp³-hybridized carbons (Fsp3) is 0.300. The van der Waals surface area contributed by atoms with Gasteiger partial charge in [0.25, 0.3) is 5.91 Å². The number of nitrogens with zero attached hydrogens (tertiary/aromatic N) is 1. The summed E-state index contributed by atoms with van der Waals surface area (Å²) >= 11 is 0. The molecule has 1 heterocycles. The lowest BCUT2D eigenvalue weighted by molar-refractivity contribution is -0.118. The van der Waals surface area contributed by atoms with Crippen LogP contribution in [0.3, 0.4) is 0 Å². The zero-order valence-corrected chi connectivity index (χ0v) is 11.0. The van der Waals surface area contributed by atoms with Gasteiger partial charge in [-0.3, -0.25) is 9.52 Å². The molecule has 0 bridgehead atoms. The number of benzene rings is 1. The first-order valence-electron chi connectivity index (χ1n) is 5.26. The van der Waals surface area contributed by atoms with Crippen molar-refractivity contribution in [3.63, 3.8) is 0 Å². The van der Waals surface area contributed by atoms with Crippen molar-refractivity contribution in [2.75, 3.05) is 30.7 Å². The van der Waals surface area contributed by atoms with Crippen molar-refractivity contribution in [2.24, 2.45) is 0 Å². The van der Waals surface area contributed by atoms with E-state index in [0.717, 1.165) is 16.4 Å². The van der Waals surface area contributed by atoms with Gasteiger partial charge in [-0.05, 0) is 0 Å². The summed E-state index contributed by atoms with van der Waals surface area (Å²) < 4.78 is 45.1. The highest BCUT2D eigenvalue weighted by Gasteiger charge is 2.24. The minimum absolute atomic E-state index is 0.0660. The van der Waals surface area contributed by atoms with Gasteiger partial charge in [-0.2, -0.15) is 12.7 Å². The second-order valence-electron chi connectivity index (χ2n) is 4.06. The number of hydrogen-bond acceptors (Lipinski definition) is 4. The molecule has 7 nitrogen and oxygen atoms in total. The third kappa shape index (κ3) is 2.76. The standard InChI is InChI=1S/C10H12FN3O4S/c1-14(2)19(16,17)13-8-4-6(11)3-7-10(8)18-5-9(15)12-7/h3-4,13H,5H2,1-2H3,(H,12,15). The molecule has 0 radical (unpaired) electrons. The van der Waals surface area contributed by atoms with Gasteiger partial charge < -0.3 is 10.1 Å². The van der Waals surface area contributed by atoms with Crippen molar-refractivity contribution in [1.82, 2.24) is 4.31 Å². The Morgan fingerprint density at radius 2 is 2.11 bits per heavy atom. The monoisotopic (exact) mass is 289 g/mol. The summed E-state index contributed by atoms with van der Waals surface area (Å²) in [5.74, 6) is -1.04. The molecule has 0 atom stereocenters. The third-order valence-electron chi connectivity index (χ3n) is 2.40.